The van der Waals surface area contributed by atoms with E-state index < -0.39 is 21.9 Å². The molecule has 0 aliphatic carbocycles. The van der Waals surface area contributed by atoms with Crippen molar-refractivity contribution in [3.05, 3.63) is 64.6 Å². The van der Waals surface area contributed by atoms with E-state index in [1.807, 2.05) is 6.92 Å². The molecule has 0 saturated carbocycles. The molecule has 12 heteroatoms. The maximum atomic E-state index is 12.7. The van der Waals surface area contributed by atoms with E-state index in [0.29, 0.717) is 11.1 Å². The van der Waals surface area contributed by atoms with Crippen molar-refractivity contribution in [3.8, 4) is 0 Å². The second-order valence-corrected chi connectivity index (χ2v) is 8.29. The monoisotopic (exact) mass is 420 g/mol. The first-order valence-corrected chi connectivity index (χ1v) is 9.82. The zero-order chi connectivity index (χ0) is 20.8. The number of benzene rings is 1. The molecule has 0 fully saturated rings. The average Bonchev–Trinajstić information content (AvgIpc) is 3.33. The van der Waals surface area contributed by atoms with Gasteiger partial charge in [0.1, 0.15) is 4.90 Å². The molecule has 0 amide bonds. The Kier molecular flexibility index (Phi) is 4.49. The highest BCUT2D eigenvalue weighted by Gasteiger charge is 2.22. The molecule has 0 aliphatic heterocycles. The predicted molar refractivity (Wildman–Crippen MR) is 97.4 cm³/mol. The van der Waals surface area contributed by atoms with Crippen molar-refractivity contribution in [3.63, 3.8) is 0 Å². The molecule has 0 aliphatic rings. The van der Waals surface area contributed by atoms with Crippen LogP contribution < -0.4 is 5.56 Å². The van der Waals surface area contributed by atoms with Crippen molar-refractivity contribution in [1.82, 2.24) is 29.8 Å². The lowest BCUT2D eigenvalue weighted by Gasteiger charge is -2.06. The largest absolute Gasteiger partial charge is 0.333 e. The van der Waals surface area contributed by atoms with Crippen molar-refractivity contribution in [2.75, 3.05) is 0 Å². The van der Waals surface area contributed by atoms with Gasteiger partial charge in [0, 0.05) is 17.3 Å². The van der Waals surface area contributed by atoms with Gasteiger partial charge in [-0.1, -0.05) is 0 Å². The van der Waals surface area contributed by atoms with E-state index in [0.717, 1.165) is 18.1 Å². The molecule has 0 saturated heterocycles. The highest BCUT2D eigenvalue weighted by atomic mass is 32.2. The lowest BCUT2D eigenvalue weighted by atomic mass is 10.2. The summed E-state index contributed by atoms with van der Waals surface area (Å²) in [5.41, 5.74) is 1.07. The van der Waals surface area contributed by atoms with Gasteiger partial charge in [-0.3, -0.25) is 9.89 Å². The fraction of sp³-hybridized carbons (Fsp3) is 0.176. The molecule has 3 heterocycles. The van der Waals surface area contributed by atoms with Crippen LogP contribution in [-0.4, -0.2) is 38.2 Å². The van der Waals surface area contributed by atoms with Crippen LogP contribution in [-0.2, 0) is 16.4 Å². The predicted octanol–water partition coefficient (Wildman–Crippen LogP) is 1.90. The number of H-pyrrole nitrogens is 1. The van der Waals surface area contributed by atoms with Gasteiger partial charge < -0.3 is 0 Å². The number of aromatic amines is 1. The standard InChI is InChI=1S/C17H14F2N6O3S/c1-10-4-12(23-22-10)8-24-16(26)15-3-2-13(5-11(15)6-20-24)29(27,28)14-7-21-25(9-14)17(18)19/h2-7,9,17H,8H2,1H3,(H,22,23). The van der Waals surface area contributed by atoms with Crippen LogP contribution in [0.15, 0.2) is 57.4 Å². The summed E-state index contributed by atoms with van der Waals surface area (Å²) in [6, 6.07) is 5.69. The van der Waals surface area contributed by atoms with Gasteiger partial charge in [0.25, 0.3) is 5.56 Å². The van der Waals surface area contributed by atoms with Crippen LogP contribution in [0.2, 0.25) is 0 Å². The number of hydrogen-bond donors (Lipinski definition) is 1. The number of fused-ring (bicyclic) bond motifs is 1. The van der Waals surface area contributed by atoms with Crippen LogP contribution in [0.5, 0.6) is 0 Å². The second-order valence-electron chi connectivity index (χ2n) is 6.34. The number of rotatable bonds is 5. The summed E-state index contributed by atoms with van der Waals surface area (Å²) in [6.45, 7) is -0.956. The molecule has 1 N–H and O–H groups in total. The fourth-order valence-electron chi connectivity index (χ4n) is 2.86. The second kappa shape index (κ2) is 6.88. The molecule has 0 bridgehead atoms. The van der Waals surface area contributed by atoms with E-state index in [9.17, 15) is 22.0 Å². The Bertz CT molecular complexity index is 1370. The molecule has 0 unspecified atom stereocenters. The molecule has 4 rings (SSSR count). The average molecular weight is 420 g/mol. The number of nitrogens with zero attached hydrogens (tertiary/aromatic N) is 5. The van der Waals surface area contributed by atoms with Gasteiger partial charge in [0.15, 0.2) is 0 Å². The Balaban J connectivity index is 1.72. The molecular weight excluding hydrogens is 406 g/mol. The van der Waals surface area contributed by atoms with Crippen LogP contribution in [0.4, 0.5) is 8.78 Å². The van der Waals surface area contributed by atoms with Crippen LogP contribution >= 0.6 is 0 Å². The van der Waals surface area contributed by atoms with Gasteiger partial charge in [0.05, 0.1) is 34.9 Å². The Morgan fingerprint density at radius 1 is 1.14 bits per heavy atom. The van der Waals surface area contributed by atoms with Crippen LogP contribution in [0, 0.1) is 6.92 Å². The van der Waals surface area contributed by atoms with Crippen LogP contribution in [0.25, 0.3) is 10.8 Å². The zero-order valence-corrected chi connectivity index (χ0v) is 15.8. The summed E-state index contributed by atoms with van der Waals surface area (Å²) in [6.07, 6.45) is 2.98. The summed E-state index contributed by atoms with van der Waals surface area (Å²) < 4.78 is 52.2. The van der Waals surface area contributed by atoms with E-state index >= 15 is 0 Å². The molecule has 0 spiro atoms. The summed E-state index contributed by atoms with van der Waals surface area (Å²) >= 11 is 0. The first-order chi connectivity index (χ1) is 13.8. The van der Waals surface area contributed by atoms with Crippen molar-refractivity contribution in [2.45, 2.75) is 29.8 Å². The summed E-state index contributed by atoms with van der Waals surface area (Å²) in [5.74, 6) is 0. The highest BCUT2D eigenvalue weighted by molar-refractivity contribution is 7.91. The van der Waals surface area contributed by atoms with Gasteiger partial charge in [-0.2, -0.15) is 24.1 Å². The third-order valence-electron chi connectivity index (χ3n) is 4.29. The number of hydrogen-bond acceptors (Lipinski definition) is 6. The van der Waals surface area contributed by atoms with Crippen LogP contribution in [0.3, 0.4) is 0 Å². The zero-order valence-electron chi connectivity index (χ0n) is 15.0. The molecule has 0 radical (unpaired) electrons. The molecule has 1 aromatic carbocycles. The number of aromatic nitrogens is 6. The molecule has 9 nitrogen and oxygen atoms in total. The van der Waals surface area contributed by atoms with Crippen molar-refractivity contribution < 1.29 is 17.2 Å². The Hall–Kier alpha value is -3.41. The van der Waals surface area contributed by atoms with Crippen LogP contribution in [0.1, 0.15) is 17.9 Å². The summed E-state index contributed by atoms with van der Waals surface area (Å²) in [4.78, 5) is 12.1. The normalized spacial score (nSPS) is 12.1. The molecule has 150 valence electrons. The lowest BCUT2D eigenvalue weighted by molar-refractivity contribution is 0.0564. The van der Waals surface area contributed by atoms with E-state index in [2.05, 4.69) is 20.4 Å². The SMILES string of the molecule is Cc1cc(Cn2ncc3cc(S(=O)(=O)c4cnn(C(F)F)c4)ccc3c2=O)n[nH]1. The smallest absolute Gasteiger partial charge is 0.283 e. The maximum absolute atomic E-state index is 12.7. The molecule has 3 aromatic heterocycles. The molecule has 0 atom stereocenters. The number of halogens is 2. The third-order valence-corrected chi connectivity index (χ3v) is 6.00. The lowest BCUT2D eigenvalue weighted by Crippen LogP contribution is -2.23. The van der Waals surface area contributed by atoms with Gasteiger partial charge in [0.2, 0.25) is 9.84 Å². The van der Waals surface area contributed by atoms with Crippen molar-refractivity contribution in [1.29, 1.82) is 0 Å². The van der Waals surface area contributed by atoms with Gasteiger partial charge >= 0.3 is 6.55 Å². The van der Waals surface area contributed by atoms with Gasteiger partial charge in [-0.05, 0) is 31.2 Å². The number of sulfone groups is 1. The minimum absolute atomic E-state index is 0.152. The maximum Gasteiger partial charge on any atom is 0.333 e. The van der Waals surface area contributed by atoms with Crippen molar-refractivity contribution >= 4 is 20.6 Å². The summed E-state index contributed by atoms with van der Waals surface area (Å²) in [5, 5.41) is 14.9. The fourth-order valence-corrected chi connectivity index (χ4v) is 4.09. The minimum atomic E-state index is -4.08. The molecule has 4 aromatic rings. The molecule has 29 heavy (non-hydrogen) atoms. The number of nitrogens with one attached hydrogen (secondary N) is 1. The third kappa shape index (κ3) is 3.42. The summed E-state index contributed by atoms with van der Waals surface area (Å²) in [7, 11) is -4.08. The van der Waals surface area contributed by atoms with E-state index in [1.165, 1.54) is 29.1 Å². The quantitative estimate of drug-likeness (QED) is 0.527. The Morgan fingerprint density at radius 2 is 1.93 bits per heavy atom. The number of alkyl halides is 2. The number of aryl methyl sites for hydroxylation is 1. The Morgan fingerprint density at radius 3 is 2.59 bits per heavy atom. The van der Waals surface area contributed by atoms with E-state index in [1.54, 1.807) is 6.07 Å². The van der Waals surface area contributed by atoms with E-state index in [-0.39, 0.29) is 26.4 Å². The highest BCUT2D eigenvalue weighted by Crippen LogP contribution is 2.24. The first kappa shape index (κ1) is 18.9. The topological polar surface area (TPSA) is 116 Å². The van der Waals surface area contributed by atoms with E-state index in [4.69, 9.17) is 0 Å². The Labute approximate surface area is 162 Å². The first-order valence-electron chi connectivity index (χ1n) is 8.34. The molecular formula is C17H14F2N6O3S. The van der Waals surface area contributed by atoms with Gasteiger partial charge in [-0.25, -0.2) is 17.8 Å². The van der Waals surface area contributed by atoms with Crippen molar-refractivity contribution in [2.24, 2.45) is 0 Å². The minimum Gasteiger partial charge on any atom is -0.283 e. The van der Waals surface area contributed by atoms with Gasteiger partial charge in [-0.15, -0.1) is 0 Å².